The van der Waals surface area contributed by atoms with Gasteiger partial charge in [-0.05, 0) is 0 Å². The molecule has 0 atom stereocenters. The van der Waals surface area contributed by atoms with Gasteiger partial charge in [-0.1, -0.05) is 0 Å². The van der Waals surface area contributed by atoms with Gasteiger partial charge in [0, 0.05) is 0 Å². The molecule has 0 N–H and O–H groups in total. The minimum atomic E-state index is -5.05. The van der Waals surface area contributed by atoms with Crippen molar-refractivity contribution >= 4 is 5.78 Å². The van der Waals surface area contributed by atoms with Crippen molar-refractivity contribution in [1.82, 2.24) is 0 Å². The summed E-state index contributed by atoms with van der Waals surface area (Å²) < 4.78 is 65.8. The van der Waals surface area contributed by atoms with E-state index in [-0.39, 0.29) is 0 Å². The summed E-state index contributed by atoms with van der Waals surface area (Å²) in [4.78, 5) is 10.3. The van der Waals surface area contributed by atoms with Gasteiger partial charge in [-0.2, -0.15) is 22.0 Å². The molecule has 0 bridgehead atoms. The monoisotopic (exact) mass is 202 g/mol. The number of Topliss-reactive ketones (excluding diaryl/α,β-unsaturated/α-hetero) is 1. The van der Waals surface area contributed by atoms with Crippen molar-refractivity contribution in [3.8, 4) is 0 Å². The molecule has 1 rings (SSSR count). The molecule has 7 heteroatoms. The number of ether oxygens (including phenoxy) is 1. The number of halogens is 5. The van der Waals surface area contributed by atoms with Crippen molar-refractivity contribution in [2.75, 3.05) is 7.11 Å². The largest absolute Gasteiger partial charge is 0.492 e. The molecule has 1 aliphatic carbocycles. The van der Waals surface area contributed by atoms with Crippen LogP contribution in [-0.4, -0.2) is 24.7 Å². The third kappa shape index (κ3) is 0.956. The van der Waals surface area contributed by atoms with Gasteiger partial charge in [0.15, 0.2) is 0 Å². The zero-order chi connectivity index (χ0) is 10.4. The van der Waals surface area contributed by atoms with Gasteiger partial charge < -0.3 is 4.74 Å². The van der Waals surface area contributed by atoms with Crippen LogP contribution >= 0.6 is 0 Å². The number of carbonyl (C=O) groups excluding carboxylic acids is 1. The summed E-state index contributed by atoms with van der Waals surface area (Å²) in [7, 11) is 0.581. The Hall–Kier alpha value is -1.14. The van der Waals surface area contributed by atoms with Crippen molar-refractivity contribution in [3.63, 3.8) is 0 Å². The topological polar surface area (TPSA) is 26.3 Å². The van der Waals surface area contributed by atoms with Crippen molar-refractivity contribution < 1.29 is 31.5 Å². The summed E-state index contributed by atoms with van der Waals surface area (Å²) >= 11 is 0. The van der Waals surface area contributed by atoms with Crippen molar-refractivity contribution in [3.05, 3.63) is 11.6 Å². The van der Waals surface area contributed by atoms with Crippen LogP contribution in [-0.2, 0) is 9.53 Å². The van der Waals surface area contributed by atoms with Gasteiger partial charge in [0.25, 0.3) is 5.78 Å². The molecule has 0 saturated carbocycles. The molecule has 0 aromatic heterocycles. The number of allylic oxidation sites excluding steroid dienone is 2. The minimum absolute atomic E-state index is 0.581. The lowest BCUT2D eigenvalue weighted by molar-refractivity contribution is -0.191. The Bertz CT molecular complexity index is 293. The van der Waals surface area contributed by atoms with Crippen LogP contribution in [0.25, 0.3) is 0 Å². The molecule has 0 aromatic carbocycles. The standard InChI is InChI=1S/C6H3F5O2/c1-13-4-2(7)3(12)5(8,9)6(4,10)11/h1H3. The van der Waals surface area contributed by atoms with Crippen molar-refractivity contribution in [2.45, 2.75) is 11.8 Å². The molecule has 0 aliphatic heterocycles. The second kappa shape index (κ2) is 2.43. The highest BCUT2D eigenvalue weighted by molar-refractivity contribution is 6.03. The predicted octanol–water partition coefficient (Wildman–Crippen LogP) is 1.67. The lowest BCUT2D eigenvalue weighted by atomic mass is 10.2. The van der Waals surface area contributed by atoms with E-state index in [1.807, 2.05) is 0 Å². The first-order valence-corrected chi connectivity index (χ1v) is 3.01. The van der Waals surface area contributed by atoms with Crippen LogP contribution in [0.15, 0.2) is 11.6 Å². The quantitative estimate of drug-likeness (QED) is 0.604. The number of rotatable bonds is 1. The Kier molecular flexibility index (Phi) is 1.86. The van der Waals surface area contributed by atoms with E-state index < -0.39 is 29.2 Å². The van der Waals surface area contributed by atoms with E-state index in [1.54, 1.807) is 0 Å². The zero-order valence-corrected chi connectivity index (χ0v) is 6.21. The average molecular weight is 202 g/mol. The molecular weight excluding hydrogens is 199 g/mol. The van der Waals surface area contributed by atoms with Crippen LogP contribution in [0.2, 0.25) is 0 Å². The van der Waals surface area contributed by atoms with Crippen molar-refractivity contribution in [2.24, 2.45) is 0 Å². The Labute approximate surface area is 69.0 Å². The van der Waals surface area contributed by atoms with E-state index >= 15 is 0 Å². The van der Waals surface area contributed by atoms with E-state index in [4.69, 9.17) is 0 Å². The molecule has 0 spiro atoms. The van der Waals surface area contributed by atoms with E-state index in [0.717, 1.165) is 0 Å². The summed E-state index contributed by atoms with van der Waals surface area (Å²) in [6.07, 6.45) is 0. The number of hydrogen-bond donors (Lipinski definition) is 0. The smallest absolute Gasteiger partial charge is 0.381 e. The maximum Gasteiger partial charge on any atom is 0.381 e. The molecular formula is C6H3F5O2. The summed E-state index contributed by atoms with van der Waals surface area (Å²) in [6, 6.07) is 0. The van der Waals surface area contributed by atoms with Crippen molar-refractivity contribution in [1.29, 1.82) is 0 Å². The van der Waals surface area contributed by atoms with Crippen LogP contribution in [0.3, 0.4) is 0 Å². The van der Waals surface area contributed by atoms with E-state index in [9.17, 15) is 26.7 Å². The van der Waals surface area contributed by atoms with Gasteiger partial charge in [-0.25, -0.2) is 0 Å². The highest BCUT2D eigenvalue weighted by Crippen LogP contribution is 2.49. The van der Waals surface area contributed by atoms with E-state index in [2.05, 4.69) is 4.74 Å². The Balaban J connectivity index is 3.31. The molecule has 0 aromatic rings. The number of methoxy groups -OCH3 is 1. The van der Waals surface area contributed by atoms with Crippen LogP contribution in [0.1, 0.15) is 0 Å². The highest BCUT2D eigenvalue weighted by atomic mass is 19.3. The maximum atomic E-state index is 12.5. The van der Waals surface area contributed by atoms with Gasteiger partial charge in [0.05, 0.1) is 7.11 Å². The van der Waals surface area contributed by atoms with Crippen LogP contribution < -0.4 is 0 Å². The lowest BCUT2D eigenvalue weighted by Gasteiger charge is -2.18. The molecule has 74 valence electrons. The molecule has 1 aliphatic rings. The first-order chi connectivity index (χ1) is 5.76. The summed E-state index contributed by atoms with van der Waals surface area (Å²) in [6.45, 7) is 0. The average Bonchev–Trinajstić information content (AvgIpc) is 2.12. The SMILES string of the molecule is COC1=C(F)C(=O)C(F)(F)C1(F)F. The summed E-state index contributed by atoms with van der Waals surface area (Å²) in [5, 5.41) is 0. The Morgan fingerprint density at radius 1 is 1.15 bits per heavy atom. The van der Waals surface area contributed by atoms with E-state index in [1.165, 1.54) is 0 Å². The second-order valence-electron chi connectivity index (χ2n) is 2.33. The third-order valence-corrected chi connectivity index (χ3v) is 1.57. The normalized spacial score (nSPS) is 25.2. The first-order valence-electron chi connectivity index (χ1n) is 3.01. The molecule has 0 radical (unpaired) electrons. The van der Waals surface area contributed by atoms with E-state index in [0.29, 0.717) is 7.11 Å². The Morgan fingerprint density at radius 3 is 1.77 bits per heavy atom. The number of carbonyl (C=O) groups is 1. The molecule has 2 nitrogen and oxygen atoms in total. The van der Waals surface area contributed by atoms with Gasteiger partial charge in [0.1, 0.15) is 0 Å². The molecule has 13 heavy (non-hydrogen) atoms. The molecule has 0 fully saturated rings. The Morgan fingerprint density at radius 2 is 1.62 bits per heavy atom. The summed E-state index contributed by atoms with van der Waals surface area (Å²) in [5.41, 5.74) is 0. The molecule has 0 unspecified atom stereocenters. The van der Waals surface area contributed by atoms with Crippen LogP contribution in [0.5, 0.6) is 0 Å². The fraction of sp³-hybridized carbons (Fsp3) is 0.500. The number of hydrogen-bond acceptors (Lipinski definition) is 2. The first kappa shape index (κ1) is 9.94. The zero-order valence-electron chi connectivity index (χ0n) is 6.21. The maximum absolute atomic E-state index is 12.5. The second-order valence-corrected chi connectivity index (χ2v) is 2.33. The minimum Gasteiger partial charge on any atom is -0.492 e. The molecule has 0 saturated heterocycles. The number of ketones is 1. The third-order valence-electron chi connectivity index (χ3n) is 1.57. The lowest BCUT2D eigenvalue weighted by Crippen LogP contribution is -2.42. The van der Waals surface area contributed by atoms with Gasteiger partial charge in [0.2, 0.25) is 11.6 Å². The summed E-state index contributed by atoms with van der Waals surface area (Å²) in [5.74, 6) is -16.6. The fourth-order valence-corrected chi connectivity index (χ4v) is 0.882. The number of alkyl halides is 4. The van der Waals surface area contributed by atoms with Crippen LogP contribution in [0.4, 0.5) is 22.0 Å². The van der Waals surface area contributed by atoms with Crippen LogP contribution in [0, 0.1) is 0 Å². The highest BCUT2D eigenvalue weighted by Gasteiger charge is 2.72. The molecule has 0 heterocycles. The van der Waals surface area contributed by atoms with Gasteiger partial charge >= 0.3 is 11.8 Å². The van der Waals surface area contributed by atoms with Gasteiger partial charge in [-0.3, -0.25) is 4.79 Å². The molecule has 0 amide bonds. The van der Waals surface area contributed by atoms with Gasteiger partial charge in [-0.15, -0.1) is 0 Å². The predicted molar refractivity (Wildman–Crippen MR) is 30.0 cm³/mol. The fourth-order valence-electron chi connectivity index (χ4n) is 0.882.